The maximum Gasteiger partial charge on any atom is 0.147 e. The Morgan fingerprint density at radius 1 is 1.33 bits per heavy atom. The van der Waals surface area contributed by atoms with Gasteiger partial charge in [0.05, 0.1) is 0 Å². The molecule has 1 rings (SSSR count). The summed E-state index contributed by atoms with van der Waals surface area (Å²) in [6, 6.07) is 0.739. The molecule has 0 bridgehead atoms. The van der Waals surface area contributed by atoms with E-state index in [9.17, 15) is 8.42 Å². The zero-order valence-electron chi connectivity index (χ0n) is 7.54. The molecule has 0 saturated heterocycles. The molecule has 0 aromatic rings. The average Bonchev–Trinajstić information content (AvgIpc) is 2.68. The minimum Gasteiger partial charge on any atom is -0.314 e. The molecule has 0 aromatic heterocycles. The molecule has 1 aliphatic rings. The van der Waals surface area contributed by atoms with Crippen LogP contribution in [0.15, 0.2) is 0 Å². The van der Waals surface area contributed by atoms with Gasteiger partial charge in [0.2, 0.25) is 0 Å². The summed E-state index contributed by atoms with van der Waals surface area (Å²) in [6.45, 7) is 0.972. The molecule has 4 heteroatoms. The number of sulfone groups is 1. The average molecular weight is 191 g/mol. The lowest BCUT2D eigenvalue weighted by atomic mass is 10.3. The van der Waals surface area contributed by atoms with E-state index in [1.54, 1.807) is 0 Å². The van der Waals surface area contributed by atoms with Crippen LogP contribution >= 0.6 is 0 Å². The van der Waals surface area contributed by atoms with Gasteiger partial charge in [0.1, 0.15) is 9.84 Å². The number of unbranched alkanes of at least 4 members (excludes halogenated alkanes) is 1. The molecule has 72 valence electrons. The predicted octanol–water partition coefficient (Wildman–Crippen LogP) is 0.563. The molecule has 1 fully saturated rings. The molecule has 0 unspecified atom stereocenters. The maximum atomic E-state index is 10.7. The fourth-order valence-electron chi connectivity index (χ4n) is 1.08. The van der Waals surface area contributed by atoms with E-state index < -0.39 is 9.84 Å². The summed E-state index contributed by atoms with van der Waals surface area (Å²) in [6.07, 6.45) is 5.65. The van der Waals surface area contributed by atoms with Crippen LogP contribution in [0.25, 0.3) is 0 Å². The molecular weight excluding hydrogens is 174 g/mol. The number of hydrogen-bond acceptors (Lipinski definition) is 3. The van der Waals surface area contributed by atoms with E-state index in [-0.39, 0.29) is 0 Å². The Labute approximate surface area is 74.5 Å². The molecule has 12 heavy (non-hydrogen) atoms. The fourth-order valence-corrected chi connectivity index (χ4v) is 1.81. The van der Waals surface area contributed by atoms with E-state index in [0.717, 1.165) is 25.4 Å². The molecule has 0 atom stereocenters. The van der Waals surface area contributed by atoms with Gasteiger partial charge in [0.15, 0.2) is 0 Å². The highest BCUT2D eigenvalue weighted by Gasteiger charge is 2.19. The van der Waals surface area contributed by atoms with Crippen LogP contribution in [0, 0.1) is 0 Å². The van der Waals surface area contributed by atoms with Crippen molar-refractivity contribution in [1.29, 1.82) is 0 Å². The van der Waals surface area contributed by atoms with Crippen LogP contribution in [0.1, 0.15) is 25.7 Å². The van der Waals surface area contributed by atoms with Gasteiger partial charge in [-0.2, -0.15) is 0 Å². The van der Waals surface area contributed by atoms with Gasteiger partial charge >= 0.3 is 0 Å². The van der Waals surface area contributed by atoms with Gasteiger partial charge in [0, 0.05) is 18.1 Å². The molecule has 1 saturated carbocycles. The summed E-state index contributed by atoms with van der Waals surface area (Å²) in [5, 5.41) is 3.35. The third-order valence-electron chi connectivity index (χ3n) is 1.95. The Morgan fingerprint density at radius 3 is 2.50 bits per heavy atom. The van der Waals surface area contributed by atoms with Crippen LogP contribution in [0.2, 0.25) is 0 Å². The van der Waals surface area contributed by atoms with E-state index in [1.165, 1.54) is 19.1 Å². The summed E-state index contributed by atoms with van der Waals surface area (Å²) in [5.74, 6) is 0.333. The van der Waals surface area contributed by atoms with Crippen LogP contribution in [0.3, 0.4) is 0 Å². The Kier molecular flexibility index (Phi) is 3.53. The van der Waals surface area contributed by atoms with Crippen molar-refractivity contribution in [3.05, 3.63) is 0 Å². The normalized spacial score (nSPS) is 18.1. The van der Waals surface area contributed by atoms with Crippen LogP contribution < -0.4 is 5.32 Å². The van der Waals surface area contributed by atoms with Crippen LogP contribution in [0.5, 0.6) is 0 Å². The molecule has 0 amide bonds. The van der Waals surface area contributed by atoms with Crippen molar-refractivity contribution in [2.24, 2.45) is 0 Å². The second-order valence-electron chi connectivity index (χ2n) is 3.57. The number of nitrogens with one attached hydrogen (secondary N) is 1. The van der Waals surface area contributed by atoms with E-state index in [2.05, 4.69) is 5.32 Å². The lowest BCUT2D eigenvalue weighted by Gasteiger charge is -2.01. The third-order valence-corrected chi connectivity index (χ3v) is 2.98. The second kappa shape index (κ2) is 4.23. The zero-order chi connectivity index (χ0) is 9.03. The van der Waals surface area contributed by atoms with Crippen LogP contribution in [0.4, 0.5) is 0 Å². The molecule has 0 aromatic carbocycles. The monoisotopic (exact) mass is 191 g/mol. The highest BCUT2D eigenvalue weighted by atomic mass is 32.2. The molecule has 1 aliphatic carbocycles. The highest BCUT2D eigenvalue weighted by molar-refractivity contribution is 7.90. The maximum absolute atomic E-state index is 10.7. The highest BCUT2D eigenvalue weighted by Crippen LogP contribution is 2.18. The van der Waals surface area contributed by atoms with Gasteiger partial charge in [-0.1, -0.05) is 0 Å². The van der Waals surface area contributed by atoms with E-state index in [4.69, 9.17) is 0 Å². The van der Waals surface area contributed by atoms with E-state index in [0.29, 0.717) is 5.75 Å². The Morgan fingerprint density at radius 2 is 2.00 bits per heavy atom. The molecule has 0 aliphatic heterocycles. The zero-order valence-corrected chi connectivity index (χ0v) is 8.36. The Hall–Kier alpha value is -0.0900. The van der Waals surface area contributed by atoms with Gasteiger partial charge in [-0.15, -0.1) is 0 Å². The summed E-state index contributed by atoms with van der Waals surface area (Å²) in [7, 11) is -2.74. The third kappa shape index (κ3) is 5.55. The van der Waals surface area contributed by atoms with Crippen molar-refractivity contribution in [2.45, 2.75) is 31.7 Å². The van der Waals surface area contributed by atoms with Crippen molar-refractivity contribution in [3.63, 3.8) is 0 Å². The predicted molar refractivity (Wildman–Crippen MR) is 50.0 cm³/mol. The first kappa shape index (κ1) is 9.99. The van der Waals surface area contributed by atoms with E-state index >= 15 is 0 Å². The molecule has 0 radical (unpaired) electrons. The van der Waals surface area contributed by atoms with Crippen molar-refractivity contribution in [2.75, 3.05) is 18.6 Å². The standard InChI is InChI=1S/C8H17NO2S/c1-12(10,11)7-3-2-6-9-8-4-5-8/h8-9H,2-7H2,1H3. The fraction of sp³-hybridized carbons (Fsp3) is 1.00. The Bertz CT molecular complexity index is 219. The lowest BCUT2D eigenvalue weighted by Crippen LogP contribution is -2.18. The molecule has 1 N–H and O–H groups in total. The summed E-state index contributed by atoms with van der Waals surface area (Å²) in [4.78, 5) is 0. The van der Waals surface area contributed by atoms with Gasteiger partial charge in [-0.05, 0) is 32.2 Å². The topological polar surface area (TPSA) is 46.2 Å². The SMILES string of the molecule is CS(=O)(=O)CCCCNC1CC1. The van der Waals surface area contributed by atoms with Crippen molar-refractivity contribution >= 4 is 9.84 Å². The first-order chi connectivity index (χ1) is 5.58. The van der Waals surface area contributed by atoms with Crippen molar-refractivity contribution in [1.82, 2.24) is 5.32 Å². The Balaban J connectivity index is 1.88. The number of hydrogen-bond donors (Lipinski definition) is 1. The minimum atomic E-state index is -2.74. The molecular formula is C8H17NO2S. The number of rotatable bonds is 6. The first-order valence-corrected chi connectivity index (χ1v) is 6.55. The van der Waals surface area contributed by atoms with Gasteiger partial charge in [0.25, 0.3) is 0 Å². The molecule has 3 nitrogen and oxygen atoms in total. The summed E-state index contributed by atoms with van der Waals surface area (Å²) < 4.78 is 21.4. The molecule has 0 heterocycles. The summed E-state index contributed by atoms with van der Waals surface area (Å²) >= 11 is 0. The van der Waals surface area contributed by atoms with Gasteiger partial charge in [-0.25, -0.2) is 8.42 Å². The van der Waals surface area contributed by atoms with Crippen molar-refractivity contribution in [3.8, 4) is 0 Å². The minimum absolute atomic E-state index is 0.333. The van der Waals surface area contributed by atoms with Gasteiger partial charge < -0.3 is 5.32 Å². The smallest absolute Gasteiger partial charge is 0.147 e. The van der Waals surface area contributed by atoms with E-state index in [1.807, 2.05) is 0 Å². The van der Waals surface area contributed by atoms with Crippen LogP contribution in [-0.2, 0) is 9.84 Å². The first-order valence-electron chi connectivity index (χ1n) is 4.49. The van der Waals surface area contributed by atoms with Crippen LogP contribution in [-0.4, -0.2) is 33.0 Å². The second-order valence-corrected chi connectivity index (χ2v) is 5.83. The van der Waals surface area contributed by atoms with Gasteiger partial charge in [-0.3, -0.25) is 0 Å². The van der Waals surface area contributed by atoms with Crippen molar-refractivity contribution < 1.29 is 8.42 Å². The molecule has 0 spiro atoms. The largest absolute Gasteiger partial charge is 0.314 e. The lowest BCUT2D eigenvalue weighted by molar-refractivity contribution is 0.591. The summed E-state index contributed by atoms with van der Waals surface area (Å²) in [5.41, 5.74) is 0. The quantitative estimate of drug-likeness (QED) is 0.624.